The molecule has 0 saturated carbocycles. The molecule has 1 N–H and O–H groups in total. The van der Waals surface area contributed by atoms with Crippen molar-refractivity contribution in [3.63, 3.8) is 0 Å². The number of benzene rings is 2. The summed E-state index contributed by atoms with van der Waals surface area (Å²) in [6.45, 7) is 6.66. The molecular weight excluding hydrogens is 364 g/mol. The van der Waals surface area contributed by atoms with Crippen LogP contribution in [0.3, 0.4) is 0 Å². The molecule has 1 aliphatic heterocycles. The van der Waals surface area contributed by atoms with Gasteiger partial charge in [0, 0.05) is 22.8 Å². The third-order valence-corrected chi connectivity index (χ3v) is 5.80. The normalized spacial score (nSPS) is 15.2. The second-order valence-electron chi connectivity index (χ2n) is 8.26. The molecule has 0 spiro atoms. The van der Waals surface area contributed by atoms with Gasteiger partial charge in [-0.2, -0.15) is 0 Å². The summed E-state index contributed by atoms with van der Waals surface area (Å²) in [6.07, 6.45) is 13.7. The molecule has 1 aliphatic rings. The van der Waals surface area contributed by atoms with Crippen molar-refractivity contribution in [2.24, 2.45) is 0 Å². The fourth-order valence-electron chi connectivity index (χ4n) is 3.93. The van der Waals surface area contributed by atoms with Crippen molar-refractivity contribution in [3.05, 3.63) is 94.4 Å². The van der Waals surface area contributed by atoms with E-state index in [1.807, 2.05) is 0 Å². The minimum Gasteiger partial charge on any atom is -0.448 e. The summed E-state index contributed by atoms with van der Waals surface area (Å²) in [4.78, 5) is 0. The second kappa shape index (κ2) is 11.0. The lowest BCUT2D eigenvalue weighted by molar-refractivity contribution is -0.347. The lowest BCUT2D eigenvalue weighted by atomic mass is 9.99. The summed E-state index contributed by atoms with van der Waals surface area (Å²) >= 11 is 0. The summed E-state index contributed by atoms with van der Waals surface area (Å²) in [6, 6.07) is 17.6. The molecular formula is C28H36N2. The second-order valence-corrected chi connectivity index (χ2v) is 8.26. The molecule has 0 aromatic heterocycles. The van der Waals surface area contributed by atoms with Crippen LogP contribution in [0.1, 0.15) is 81.5 Å². The minimum absolute atomic E-state index is 0.962. The summed E-state index contributed by atoms with van der Waals surface area (Å²) in [7, 11) is 0. The van der Waals surface area contributed by atoms with Crippen molar-refractivity contribution in [3.8, 4) is 0 Å². The van der Waals surface area contributed by atoms with Gasteiger partial charge in [-0.1, -0.05) is 70.4 Å². The van der Waals surface area contributed by atoms with Crippen molar-refractivity contribution in [2.75, 3.05) is 0 Å². The number of hydrogen-bond acceptors (Lipinski definition) is 0. The van der Waals surface area contributed by atoms with Gasteiger partial charge in [-0.05, 0) is 67.5 Å². The number of nitrogens with zero attached hydrogens (tertiary/aromatic N) is 1. The van der Waals surface area contributed by atoms with Crippen molar-refractivity contribution in [2.45, 2.75) is 72.1 Å². The number of aryl methyl sites for hydroxylation is 2. The summed E-state index contributed by atoms with van der Waals surface area (Å²) < 4.78 is 1.63. The van der Waals surface area contributed by atoms with Crippen LogP contribution in [0.2, 0.25) is 0 Å². The Morgan fingerprint density at radius 1 is 0.733 bits per heavy atom. The minimum atomic E-state index is 0.962. The quantitative estimate of drug-likeness (QED) is 0.362. The van der Waals surface area contributed by atoms with Crippen molar-refractivity contribution in [1.29, 1.82) is 0 Å². The Kier molecular flexibility index (Phi) is 8.07. The molecule has 2 nitrogen and oxygen atoms in total. The van der Waals surface area contributed by atoms with Crippen molar-refractivity contribution >= 4 is 11.4 Å². The van der Waals surface area contributed by atoms with Crippen LogP contribution in [0.25, 0.3) is 11.5 Å². The summed E-state index contributed by atoms with van der Waals surface area (Å²) in [5.41, 5.74) is 8.12. The molecule has 30 heavy (non-hydrogen) atoms. The molecule has 0 aliphatic carbocycles. The SMILES string of the molecule is CCCC=C1C=C(c2ccc(CCCC)cc2)[N+]([NH-])=C1c1ccc(CCCC)cc1. The summed E-state index contributed by atoms with van der Waals surface area (Å²) in [5, 5.41) is 0. The predicted molar refractivity (Wildman–Crippen MR) is 130 cm³/mol. The van der Waals surface area contributed by atoms with Gasteiger partial charge in [0.25, 0.3) is 0 Å². The Morgan fingerprint density at radius 3 is 1.77 bits per heavy atom. The van der Waals surface area contributed by atoms with Gasteiger partial charge in [-0.25, -0.2) is 4.68 Å². The van der Waals surface area contributed by atoms with E-state index in [4.69, 9.17) is 5.84 Å². The standard InChI is InChI=1S/C28H36N2/c1-4-7-10-22-13-17-24(18-14-22)27-21-26(12-9-6-3)28(30(27)29)25-19-15-23(16-20-25)11-8-5-2/h12-21,29H,4-11H2,1-3H3. The molecule has 1 heterocycles. The average Bonchev–Trinajstić information content (AvgIpc) is 3.11. The Balaban J connectivity index is 1.92. The zero-order chi connectivity index (χ0) is 21.3. The van der Waals surface area contributed by atoms with E-state index < -0.39 is 0 Å². The van der Waals surface area contributed by atoms with E-state index in [2.05, 4.69) is 81.5 Å². The van der Waals surface area contributed by atoms with Crippen LogP contribution in [-0.2, 0) is 12.8 Å². The number of hydrogen-bond donors (Lipinski definition) is 0. The molecule has 0 saturated heterocycles. The highest BCUT2D eigenvalue weighted by Gasteiger charge is 2.27. The number of rotatable bonds is 10. The third-order valence-electron chi connectivity index (χ3n) is 5.80. The van der Waals surface area contributed by atoms with Crippen LogP contribution >= 0.6 is 0 Å². The molecule has 0 unspecified atom stereocenters. The lowest BCUT2D eigenvalue weighted by Crippen LogP contribution is -2.11. The van der Waals surface area contributed by atoms with E-state index >= 15 is 0 Å². The maximum absolute atomic E-state index is 8.90. The van der Waals surface area contributed by atoms with Crippen LogP contribution in [0.15, 0.2) is 66.3 Å². The van der Waals surface area contributed by atoms with E-state index in [1.54, 1.807) is 4.68 Å². The third kappa shape index (κ3) is 5.30. The molecule has 158 valence electrons. The molecule has 2 heteroatoms. The zero-order valence-electron chi connectivity index (χ0n) is 18.9. The Morgan fingerprint density at radius 2 is 1.27 bits per heavy atom. The number of unbranched alkanes of at least 4 members (excludes halogenated alkanes) is 3. The zero-order valence-corrected chi connectivity index (χ0v) is 18.9. The van der Waals surface area contributed by atoms with Gasteiger partial charge < -0.3 is 5.84 Å². The molecule has 2 aromatic carbocycles. The van der Waals surface area contributed by atoms with Gasteiger partial charge in [-0.3, -0.25) is 0 Å². The van der Waals surface area contributed by atoms with Gasteiger partial charge in [-0.15, -0.1) is 0 Å². The maximum Gasteiger partial charge on any atom is 0.215 e. The maximum atomic E-state index is 8.90. The van der Waals surface area contributed by atoms with Gasteiger partial charge >= 0.3 is 0 Å². The first kappa shape index (κ1) is 22.1. The summed E-state index contributed by atoms with van der Waals surface area (Å²) in [5.74, 6) is 8.90. The monoisotopic (exact) mass is 400 g/mol. The molecule has 2 aromatic rings. The average molecular weight is 401 g/mol. The van der Waals surface area contributed by atoms with Crippen LogP contribution < -0.4 is 0 Å². The first-order chi connectivity index (χ1) is 14.7. The van der Waals surface area contributed by atoms with Gasteiger partial charge in [0.05, 0.1) is 0 Å². The van der Waals surface area contributed by atoms with Crippen LogP contribution in [0.5, 0.6) is 0 Å². The fourth-order valence-corrected chi connectivity index (χ4v) is 3.93. The molecule has 0 bridgehead atoms. The van der Waals surface area contributed by atoms with E-state index in [1.165, 1.54) is 42.4 Å². The smallest absolute Gasteiger partial charge is 0.215 e. The van der Waals surface area contributed by atoms with E-state index in [0.29, 0.717) is 0 Å². The van der Waals surface area contributed by atoms with Crippen molar-refractivity contribution < 1.29 is 4.68 Å². The molecule has 0 fully saturated rings. The van der Waals surface area contributed by atoms with E-state index in [9.17, 15) is 0 Å². The molecule has 0 amide bonds. The molecule has 0 radical (unpaired) electrons. The van der Waals surface area contributed by atoms with Gasteiger partial charge in [0.15, 0.2) is 0 Å². The van der Waals surface area contributed by atoms with Crippen LogP contribution in [0.4, 0.5) is 0 Å². The molecule has 3 rings (SSSR count). The van der Waals surface area contributed by atoms with E-state index in [-0.39, 0.29) is 0 Å². The van der Waals surface area contributed by atoms with Crippen LogP contribution in [0, 0.1) is 0 Å². The van der Waals surface area contributed by atoms with E-state index in [0.717, 1.165) is 48.2 Å². The predicted octanol–water partition coefficient (Wildman–Crippen LogP) is 7.92. The Hall–Kier alpha value is -2.61. The van der Waals surface area contributed by atoms with Crippen LogP contribution in [-0.4, -0.2) is 10.4 Å². The first-order valence-corrected chi connectivity index (χ1v) is 11.7. The number of allylic oxidation sites excluding steroid dienone is 3. The lowest BCUT2D eigenvalue weighted by Gasteiger charge is -2.09. The highest BCUT2D eigenvalue weighted by Crippen LogP contribution is 2.29. The Labute approximate surface area is 182 Å². The van der Waals surface area contributed by atoms with Gasteiger partial charge in [0.2, 0.25) is 11.4 Å². The number of nitrogens with one attached hydrogen (secondary N) is 1. The first-order valence-electron chi connectivity index (χ1n) is 11.7. The Bertz CT molecular complexity index is 912. The highest BCUT2D eigenvalue weighted by molar-refractivity contribution is 6.14. The topological polar surface area (TPSA) is 26.8 Å². The largest absolute Gasteiger partial charge is 0.448 e. The fraction of sp³-hybridized carbons (Fsp3) is 0.393. The van der Waals surface area contributed by atoms with Gasteiger partial charge in [0.1, 0.15) is 0 Å². The highest BCUT2D eigenvalue weighted by atomic mass is 15.3. The van der Waals surface area contributed by atoms with Crippen molar-refractivity contribution in [1.82, 2.24) is 0 Å². The molecule has 0 atom stereocenters.